The van der Waals surface area contributed by atoms with Crippen molar-refractivity contribution in [1.29, 1.82) is 0 Å². The maximum atomic E-state index is 11.0. The highest BCUT2D eigenvalue weighted by atomic mass is 16.6. The van der Waals surface area contributed by atoms with Crippen LogP contribution in [0.1, 0.15) is 19.3 Å². The van der Waals surface area contributed by atoms with Gasteiger partial charge in [-0.3, -0.25) is 0 Å². The summed E-state index contributed by atoms with van der Waals surface area (Å²) in [4.78, 5) is 21.7. The fraction of sp³-hybridized carbons (Fsp3) is 0.333. The maximum absolute atomic E-state index is 11.0. The SMILES string of the molecule is O=C1C=C(C2=CCCC2)C(=O)O1. The summed E-state index contributed by atoms with van der Waals surface area (Å²) in [6, 6.07) is 0. The third-order valence-corrected chi connectivity index (χ3v) is 2.06. The van der Waals surface area contributed by atoms with E-state index in [1.807, 2.05) is 6.08 Å². The van der Waals surface area contributed by atoms with Crippen molar-refractivity contribution in [3.05, 3.63) is 23.3 Å². The van der Waals surface area contributed by atoms with Crippen LogP contribution in [0, 0.1) is 0 Å². The van der Waals surface area contributed by atoms with Crippen LogP contribution in [0.4, 0.5) is 0 Å². The molecule has 0 bridgehead atoms. The van der Waals surface area contributed by atoms with Crippen LogP contribution in [-0.2, 0) is 14.3 Å². The molecule has 3 nitrogen and oxygen atoms in total. The van der Waals surface area contributed by atoms with E-state index >= 15 is 0 Å². The molecule has 1 aliphatic heterocycles. The van der Waals surface area contributed by atoms with Crippen molar-refractivity contribution < 1.29 is 14.3 Å². The lowest BCUT2D eigenvalue weighted by Gasteiger charge is -1.96. The molecule has 0 aromatic rings. The summed E-state index contributed by atoms with van der Waals surface area (Å²) in [6.45, 7) is 0. The Kier molecular flexibility index (Phi) is 1.57. The third kappa shape index (κ3) is 1.07. The monoisotopic (exact) mass is 164 g/mol. The molecule has 62 valence electrons. The van der Waals surface area contributed by atoms with Gasteiger partial charge in [-0.25, -0.2) is 9.59 Å². The fourth-order valence-corrected chi connectivity index (χ4v) is 1.49. The Labute approximate surface area is 69.7 Å². The van der Waals surface area contributed by atoms with Crippen molar-refractivity contribution in [3.63, 3.8) is 0 Å². The topological polar surface area (TPSA) is 43.4 Å². The minimum atomic E-state index is -0.539. The molecule has 12 heavy (non-hydrogen) atoms. The van der Waals surface area contributed by atoms with Crippen molar-refractivity contribution in [2.75, 3.05) is 0 Å². The second kappa shape index (κ2) is 2.59. The fourth-order valence-electron chi connectivity index (χ4n) is 1.49. The van der Waals surface area contributed by atoms with Crippen LogP contribution >= 0.6 is 0 Å². The Morgan fingerprint density at radius 1 is 1.33 bits per heavy atom. The molecule has 0 fully saturated rings. The van der Waals surface area contributed by atoms with Gasteiger partial charge in [0.2, 0.25) is 0 Å². The van der Waals surface area contributed by atoms with Gasteiger partial charge in [-0.05, 0) is 24.8 Å². The summed E-state index contributed by atoms with van der Waals surface area (Å²) in [5.74, 6) is -1.03. The number of hydrogen-bond acceptors (Lipinski definition) is 3. The van der Waals surface area contributed by atoms with Crippen LogP contribution < -0.4 is 0 Å². The standard InChI is InChI=1S/C9H8O3/c10-8-5-7(9(11)12-8)6-3-1-2-4-6/h3,5H,1-2,4H2. The first-order valence-electron chi connectivity index (χ1n) is 3.94. The Hall–Kier alpha value is -1.38. The van der Waals surface area contributed by atoms with Gasteiger partial charge in [-0.15, -0.1) is 0 Å². The highest BCUT2D eigenvalue weighted by Crippen LogP contribution is 2.27. The van der Waals surface area contributed by atoms with Crippen LogP contribution in [0.5, 0.6) is 0 Å². The van der Waals surface area contributed by atoms with E-state index in [0.717, 1.165) is 24.8 Å². The molecule has 2 aliphatic rings. The van der Waals surface area contributed by atoms with Gasteiger partial charge in [0.1, 0.15) is 0 Å². The summed E-state index contributed by atoms with van der Waals surface area (Å²) in [7, 11) is 0. The zero-order valence-corrected chi connectivity index (χ0v) is 6.50. The average Bonchev–Trinajstić information content (AvgIpc) is 2.58. The molecule has 3 heteroatoms. The van der Waals surface area contributed by atoms with E-state index in [9.17, 15) is 9.59 Å². The first-order valence-corrected chi connectivity index (χ1v) is 3.94. The first kappa shape index (κ1) is 7.28. The van der Waals surface area contributed by atoms with Crippen LogP contribution in [0.3, 0.4) is 0 Å². The number of carbonyl (C=O) groups is 2. The molecule has 0 amide bonds. The van der Waals surface area contributed by atoms with Gasteiger partial charge in [-0.2, -0.15) is 0 Å². The molecule has 0 aromatic heterocycles. The predicted octanol–water partition coefficient (Wildman–Crippen LogP) is 1.11. The predicted molar refractivity (Wildman–Crippen MR) is 41.1 cm³/mol. The number of esters is 2. The van der Waals surface area contributed by atoms with Gasteiger partial charge in [0.25, 0.3) is 0 Å². The normalized spacial score (nSPS) is 22.3. The second-order valence-corrected chi connectivity index (χ2v) is 2.89. The summed E-state index contributed by atoms with van der Waals surface area (Å²) >= 11 is 0. The van der Waals surface area contributed by atoms with Gasteiger partial charge in [0.15, 0.2) is 0 Å². The second-order valence-electron chi connectivity index (χ2n) is 2.89. The molecule has 0 aromatic carbocycles. The van der Waals surface area contributed by atoms with Crippen molar-refractivity contribution >= 4 is 11.9 Å². The summed E-state index contributed by atoms with van der Waals surface area (Å²) in [6.07, 6.45) is 6.21. The number of cyclic esters (lactones) is 2. The lowest BCUT2D eigenvalue weighted by atomic mass is 10.1. The molecule has 0 N–H and O–H groups in total. The van der Waals surface area contributed by atoms with Crippen molar-refractivity contribution in [2.24, 2.45) is 0 Å². The number of allylic oxidation sites excluding steroid dienone is 1. The van der Waals surface area contributed by atoms with E-state index in [1.54, 1.807) is 0 Å². The summed E-state index contributed by atoms with van der Waals surface area (Å²) < 4.78 is 4.37. The quantitative estimate of drug-likeness (QED) is 0.430. The lowest BCUT2D eigenvalue weighted by molar-refractivity contribution is -0.150. The van der Waals surface area contributed by atoms with Gasteiger partial charge in [0.05, 0.1) is 5.57 Å². The smallest absolute Gasteiger partial charge is 0.346 e. The molecule has 0 unspecified atom stereocenters. The minimum Gasteiger partial charge on any atom is -0.386 e. The number of carbonyl (C=O) groups excluding carboxylic acids is 2. The van der Waals surface area contributed by atoms with Crippen LogP contribution in [0.25, 0.3) is 0 Å². The Balaban J connectivity index is 2.28. The largest absolute Gasteiger partial charge is 0.386 e. The molecule has 0 spiro atoms. The van der Waals surface area contributed by atoms with E-state index in [-0.39, 0.29) is 0 Å². The van der Waals surface area contributed by atoms with E-state index in [0.29, 0.717) is 5.57 Å². The number of ether oxygens (including phenoxy) is 1. The first-order chi connectivity index (χ1) is 5.77. The van der Waals surface area contributed by atoms with E-state index in [4.69, 9.17) is 0 Å². The lowest BCUT2D eigenvalue weighted by Crippen LogP contribution is -2.02. The highest BCUT2D eigenvalue weighted by molar-refractivity contribution is 6.11. The number of rotatable bonds is 1. The zero-order valence-electron chi connectivity index (χ0n) is 6.50. The molecule has 0 saturated carbocycles. The molecule has 0 saturated heterocycles. The average molecular weight is 164 g/mol. The molecular formula is C9H8O3. The molecule has 1 aliphatic carbocycles. The van der Waals surface area contributed by atoms with E-state index in [2.05, 4.69) is 4.74 Å². The van der Waals surface area contributed by atoms with Gasteiger partial charge in [-0.1, -0.05) is 6.08 Å². The van der Waals surface area contributed by atoms with Crippen molar-refractivity contribution in [1.82, 2.24) is 0 Å². The van der Waals surface area contributed by atoms with E-state index in [1.165, 1.54) is 6.08 Å². The maximum Gasteiger partial charge on any atom is 0.346 e. The van der Waals surface area contributed by atoms with Crippen molar-refractivity contribution in [3.8, 4) is 0 Å². The van der Waals surface area contributed by atoms with Gasteiger partial charge >= 0.3 is 11.9 Å². The molecular weight excluding hydrogens is 156 g/mol. The number of hydrogen-bond donors (Lipinski definition) is 0. The third-order valence-electron chi connectivity index (χ3n) is 2.06. The van der Waals surface area contributed by atoms with Crippen LogP contribution in [0.15, 0.2) is 23.3 Å². The minimum absolute atomic E-state index is 0.456. The Morgan fingerprint density at radius 2 is 2.17 bits per heavy atom. The van der Waals surface area contributed by atoms with E-state index < -0.39 is 11.9 Å². The van der Waals surface area contributed by atoms with Crippen molar-refractivity contribution in [2.45, 2.75) is 19.3 Å². The molecule has 0 radical (unpaired) electrons. The summed E-state index contributed by atoms with van der Waals surface area (Å²) in [5.41, 5.74) is 1.42. The van der Waals surface area contributed by atoms with Crippen LogP contribution in [-0.4, -0.2) is 11.9 Å². The Bertz CT molecular complexity index is 310. The van der Waals surface area contributed by atoms with Crippen LogP contribution in [0.2, 0.25) is 0 Å². The van der Waals surface area contributed by atoms with Gasteiger partial charge < -0.3 is 4.74 Å². The Morgan fingerprint density at radius 3 is 2.67 bits per heavy atom. The van der Waals surface area contributed by atoms with Gasteiger partial charge in [0, 0.05) is 6.08 Å². The molecule has 2 rings (SSSR count). The zero-order chi connectivity index (χ0) is 8.55. The molecule has 0 atom stereocenters. The highest BCUT2D eigenvalue weighted by Gasteiger charge is 2.27. The summed E-state index contributed by atoms with van der Waals surface area (Å²) in [5, 5.41) is 0. The molecule has 1 heterocycles.